The molecule has 4 N–H and O–H groups in total. The number of benzene rings is 1. The number of aromatic nitrogens is 4. The highest BCUT2D eigenvalue weighted by Crippen LogP contribution is 2.32. The second-order valence-corrected chi connectivity index (χ2v) is 8.62. The monoisotopic (exact) mass is 528 g/mol. The lowest BCUT2D eigenvalue weighted by molar-refractivity contribution is -0.590. The number of alkyl halides is 3. The SMILES string of the molecule is Nc1ncnn2c(CN3CCOCC3)cc(-c3ccc(NC(=O)Nc4cc(C(F)(F)F)cc[n+]4[O-])cc3)c12. The Morgan fingerprint density at radius 1 is 1.13 bits per heavy atom. The fraction of sp³-hybridized carbons (Fsp3) is 0.250. The number of morpholine rings is 1. The highest BCUT2D eigenvalue weighted by atomic mass is 19.4. The van der Waals surface area contributed by atoms with Gasteiger partial charge in [-0.25, -0.2) is 19.0 Å². The molecule has 5 rings (SSSR count). The number of nitrogens with one attached hydrogen (secondary N) is 2. The molecule has 14 heteroatoms. The number of rotatable bonds is 5. The molecule has 1 aliphatic heterocycles. The number of amides is 2. The summed E-state index contributed by atoms with van der Waals surface area (Å²) in [7, 11) is 0. The number of anilines is 3. The number of nitrogen functional groups attached to an aromatic ring is 1. The summed E-state index contributed by atoms with van der Waals surface area (Å²) < 4.78 is 46.1. The minimum Gasteiger partial charge on any atom is -0.711 e. The van der Waals surface area contributed by atoms with Crippen LogP contribution in [0.25, 0.3) is 16.6 Å². The second-order valence-electron chi connectivity index (χ2n) is 8.62. The van der Waals surface area contributed by atoms with Crippen molar-refractivity contribution < 1.29 is 27.4 Å². The van der Waals surface area contributed by atoms with Crippen LogP contribution in [0.5, 0.6) is 0 Å². The largest absolute Gasteiger partial charge is 0.711 e. The quantitative estimate of drug-likeness (QED) is 0.267. The minimum atomic E-state index is -4.66. The van der Waals surface area contributed by atoms with Gasteiger partial charge in [-0.3, -0.25) is 10.2 Å². The van der Waals surface area contributed by atoms with E-state index in [1.54, 1.807) is 28.8 Å². The van der Waals surface area contributed by atoms with Gasteiger partial charge in [0.2, 0.25) is 0 Å². The molecule has 1 saturated heterocycles. The Morgan fingerprint density at radius 3 is 2.58 bits per heavy atom. The molecular weight excluding hydrogens is 505 g/mol. The molecule has 4 heterocycles. The third-order valence-electron chi connectivity index (χ3n) is 6.09. The molecule has 198 valence electrons. The summed E-state index contributed by atoms with van der Waals surface area (Å²) >= 11 is 0. The van der Waals surface area contributed by atoms with Gasteiger partial charge in [0.1, 0.15) is 11.8 Å². The molecule has 1 fully saturated rings. The molecule has 0 atom stereocenters. The summed E-state index contributed by atoms with van der Waals surface area (Å²) in [5, 5.41) is 20.9. The van der Waals surface area contributed by atoms with E-state index in [9.17, 15) is 23.2 Å². The van der Waals surface area contributed by atoms with Crippen LogP contribution in [0, 0.1) is 5.21 Å². The number of carbonyl (C=O) groups is 1. The average molecular weight is 528 g/mol. The normalized spacial score (nSPS) is 14.5. The van der Waals surface area contributed by atoms with E-state index >= 15 is 0 Å². The van der Waals surface area contributed by atoms with E-state index in [-0.39, 0.29) is 4.73 Å². The summed E-state index contributed by atoms with van der Waals surface area (Å²) in [6.07, 6.45) is -2.58. The van der Waals surface area contributed by atoms with E-state index in [2.05, 4.69) is 25.6 Å². The Hall–Kier alpha value is -4.43. The highest BCUT2D eigenvalue weighted by molar-refractivity contribution is 5.99. The van der Waals surface area contributed by atoms with Gasteiger partial charge in [-0.15, -0.1) is 0 Å². The number of hydrogen-bond donors (Lipinski definition) is 3. The summed E-state index contributed by atoms with van der Waals surface area (Å²) in [6.45, 7) is 3.59. The van der Waals surface area contributed by atoms with Gasteiger partial charge in [-0.05, 0) is 29.8 Å². The van der Waals surface area contributed by atoms with Gasteiger partial charge in [0.25, 0.3) is 5.82 Å². The number of halogens is 3. The summed E-state index contributed by atoms with van der Waals surface area (Å²) in [5.41, 5.74) is 8.67. The zero-order valence-corrected chi connectivity index (χ0v) is 19.9. The van der Waals surface area contributed by atoms with Gasteiger partial charge < -0.3 is 15.7 Å². The van der Waals surface area contributed by atoms with Crippen LogP contribution in [0.4, 0.5) is 35.3 Å². The molecule has 1 aliphatic rings. The van der Waals surface area contributed by atoms with Crippen molar-refractivity contribution in [2.45, 2.75) is 12.7 Å². The van der Waals surface area contributed by atoms with Crippen molar-refractivity contribution in [2.24, 2.45) is 0 Å². The fourth-order valence-electron chi connectivity index (χ4n) is 4.22. The maximum atomic E-state index is 12.9. The summed E-state index contributed by atoms with van der Waals surface area (Å²) in [5.74, 6) is -0.241. The molecule has 2 amide bonds. The summed E-state index contributed by atoms with van der Waals surface area (Å²) in [6, 6.07) is 9.07. The van der Waals surface area contributed by atoms with Crippen molar-refractivity contribution in [1.82, 2.24) is 19.5 Å². The van der Waals surface area contributed by atoms with Gasteiger partial charge in [0, 0.05) is 37.0 Å². The zero-order valence-electron chi connectivity index (χ0n) is 19.9. The van der Waals surface area contributed by atoms with E-state index < -0.39 is 23.6 Å². The first kappa shape index (κ1) is 25.2. The Morgan fingerprint density at radius 2 is 1.87 bits per heavy atom. The molecule has 11 nitrogen and oxygen atoms in total. The first-order valence-corrected chi connectivity index (χ1v) is 11.6. The molecule has 0 bridgehead atoms. The first-order valence-electron chi connectivity index (χ1n) is 11.6. The van der Waals surface area contributed by atoms with E-state index in [0.29, 0.717) is 55.1 Å². The van der Waals surface area contributed by atoms with E-state index in [0.717, 1.165) is 29.9 Å². The predicted molar refractivity (Wildman–Crippen MR) is 132 cm³/mol. The van der Waals surface area contributed by atoms with Crippen LogP contribution in [-0.4, -0.2) is 51.8 Å². The molecule has 0 unspecified atom stereocenters. The Kier molecular flexibility index (Phi) is 6.73. The minimum absolute atomic E-state index is 0.136. The van der Waals surface area contributed by atoms with Crippen LogP contribution >= 0.6 is 0 Å². The molecular formula is C24H23F3N8O3. The molecule has 4 aromatic rings. The zero-order chi connectivity index (χ0) is 26.9. The third kappa shape index (κ3) is 5.31. The van der Waals surface area contributed by atoms with Gasteiger partial charge >= 0.3 is 12.2 Å². The number of ether oxygens (including phenoxy) is 1. The van der Waals surface area contributed by atoms with Crippen molar-refractivity contribution in [3.05, 3.63) is 71.5 Å². The van der Waals surface area contributed by atoms with Crippen LogP contribution in [-0.2, 0) is 17.5 Å². The van der Waals surface area contributed by atoms with Crippen LogP contribution in [0.3, 0.4) is 0 Å². The number of nitrogens with zero attached hydrogens (tertiary/aromatic N) is 5. The van der Waals surface area contributed by atoms with Crippen molar-refractivity contribution >= 4 is 28.9 Å². The van der Waals surface area contributed by atoms with Crippen molar-refractivity contribution in [1.29, 1.82) is 0 Å². The number of carbonyl (C=O) groups excluding carboxylic acids is 1. The Bertz CT molecular complexity index is 1470. The number of pyridine rings is 1. The number of hydrogen-bond acceptors (Lipinski definition) is 7. The highest BCUT2D eigenvalue weighted by Gasteiger charge is 2.32. The van der Waals surface area contributed by atoms with Crippen molar-refractivity contribution in [3.8, 4) is 11.1 Å². The standard InChI is InChI=1S/C24H23F3N8O3/c25-24(26,27)16-5-6-34(37)20(11-16)32-23(36)31-17-3-1-15(2-4-17)19-12-18(13-33-7-9-38-10-8-33)35-21(19)22(28)29-14-30-35/h1-6,11-12,14H,7-10,13H2,(H2,28,29,30)(H2,31,32,36). The van der Waals surface area contributed by atoms with Crippen molar-refractivity contribution in [3.63, 3.8) is 0 Å². The molecule has 3 aromatic heterocycles. The van der Waals surface area contributed by atoms with E-state index in [1.807, 2.05) is 6.07 Å². The molecule has 0 radical (unpaired) electrons. The van der Waals surface area contributed by atoms with E-state index in [1.165, 1.54) is 6.33 Å². The summed E-state index contributed by atoms with van der Waals surface area (Å²) in [4.78, 5) is 18.7. The maximum absolute atomic E-state index is 12.9. The fourth-order valence-corrected chi connectivity index (χ4v) is 4.22. The average Bonchev–Trinajstić information content (AvgIpc) is 3.25. The lowest BCUT2D eigenvalue weighted by Crippen LogP contribution is -2.36. The van der Waals surface area contributed by atoms with Crippen LogP contribution in [0.1, 0.15) is 11.3 Å². The molecule has 1 aromatic carbocycles. The van der Waals surface area contributed by atoms with E-state index in [4.69, 9.17) is 10.5 Å². The van der Waals surface area contributed by atoms with Gasteiger partial charge in [0.05, 0.1) is 30.7 Å². The number of fused-ring (bicyclic) bond motifs is 1. The predicted octanol–water partition coefficient (Wildman–Crippen LogP) is 3.11. The lowest BCUT2D eigenvalue weighted by atomic mass is 10.1. The van der Waals surface area contributed by atoms with Crippen LogP contribution < -0.4 is 21.1 Å². The van der Waals surface area contributed by atoms with Gasteiger partial charge in [-0.2, -0.15) is 23.6 Å². The Balaban J connectivity index is 1.34. The smallest absolute Gasteiger partial charge is 0.416 e. The Labute approximate surface area is 214 Å². The molecule has 0 saturated carbocycles. The molecule has 0 aliphatic carbocycles. The van der Waals surface area contributed by atoms with Gasteiger partial charge in [0.15, 0.2) is 5.82 Å². The second kappa shape index (κ2) is 10.1. The molecule has 0 spiro atoms. The van der Waals surface area contributed by atoms with Gasteiger partial charge in [-0.1, -0.05) is 12.1 Å². The lowest BCUT2D eigenvalue weighted by Gasteiger charge is -2.26. The topological polar surface area (TPSA) is 137 Å². The number of urea groups is 1. The van der Waals surface area contributed by atoms with Crippen LogP contribution in [0.2, 0.25) is 0 Å². The number of nitrogens with two attached hydrogens (primary N) is 1. The maximum Gasteiger partial charge on any atom is 0.416 e. The third-order valence-corrected chi connectivity index (χ3v) is 6.09. The van der Waals surface area contributed by atoms with Crippen molar-refractivity contribution in [2.75, 3.05) is 42.7 Å². The first-order chi connectivity index (χ1) is 18.2. The molecule has 38 heavy (non-hydrogen) atoms. The van der Waals surface area contributed by atoms with Crippen LogP contribution in [0.15, 0.2) is 55.0 Å².